The van der Waals surface area contributed by atoms with Gasteiger partial charge in [-0.2, -0.15) is 0 Å². The minimum Gasteiger partial charge on any atom is -0.481 e. The van der Waals surface area contributed by atoms with Gasteiger partial charge in [-0.1, -0.05) is 32.0 Å². The Bertz CT molecular complexity index is 1110. The molecule has 0 aliphatic carbocycles. The predicted octanol–water partition coefficient (Wildman–Crippen LogP) is 0.117. The number of nitrogens with two attached hydrogens (primary N) is 1. The van der Waals surface area contributed by atoms with Crippen molar-refractivity contribution < 1.29 is 34.2 Å². The molecule has 36 heavy (non-hydrogen) atoms. The summed E-state index contributed by atoms with van der Waals surface area (Å²) in [6.45, 7) is 4.89. The molecule has 2 aromatic rings. The Balaban J connectivity index is 2.12. The van der Waals surface area contributed by atoms with Gasteiger partial charge in [0.25, 0.3) is 0 Å². The Morgan fingerprint density at radius 2 is 1.56 bits per heavy atom. The smallest absolute Gasteiger partial charge is 0.326 e. The first-order chi connectivity index (χ1) is 16.9. The molecule has 0 saturated heterocycles. The molecule has 3 amide bonds. The van der Waals surface area contributed by atoms with Gasteiger partial charge in [-0.3, -0.25) is 19.2 Å². The monoisotopic (exact) mass is 503 g/mol. The molecular weight excluding hydrogens is 470 g/mol. The number of amides is 3. The van der Waals surface area contributed by atoms with E-state index < -0.39 is 60.2 Å². The number of fused-ring (bicyclic) bond motifs is 1. The van der Waals surface area contributed by atoms with Crippen molar-refractivity contribution >= 4 is 40.6 Å². The van der Waals surface area contributed by atoms with Crippen LogP contribution in [0.3, 0.4) is 0 Å². The predicted molar refractivity (Wildman–Crippen MR) is 131 cm³/mol. The third kappa shape index (κ3) is 7.80. The Morgan fingerprint density at radius 3 is 2.17 bits per heavy atom. The summed E-state index contributed by atoms with van der Waals surface area (Å²) in [5.74, 6) is -4.80. The highest BCUT2D eigenvalue weighted by molar-refractivity contribution is 5.94. The van der Waals surface area contributed by atoms with Gasteiger partial charge < -0.3 is 36.9 Å². The number of hydrogen-bond donors (Lipinski definition) is 7. The zero-order valence-corrected chi connectivity index (χ0v) is 20.4. The summed E-state index contributed by atoms with van der Waals surface area (Å²) in [6.07, 6.45) is 0.892. The van der Waals surface area contributed by atoms with Crippen molar-refractivity contribution in [2.45, 2.75) is 64.2 Å². The van der Waals surface area contributed by atoms with Crippen molar-refractivity contribution in [3.63, 3.8) is 0 Å². The zero-order chi connectivity index (χ0) is 27.0. The Labute approximate surface area is 208 Å². The summed E-state index contributed by atoms with van der Waals surface area (Å²) in [4.78, 5) is 63.8. The van der Waals surface area contributed by atoms with E-state index in [0.29, 0.717) is 5.56 Å². The number of aromatic nitrogens is 1. The number of carbonyl (C=O) groups excluding carboxylic acids is 3. The van der Waals surface area contributed by atoms with Gasteiger partial charge in [-0.15, -0.1) is 0 Å². The minimum absolute atomic E-state index is 0.0375. The van der Waals surface area contributed by atoms with E-state index in [-0.39, 0.29) is 18.8 Å². The van der Waals surface area contributed by atoms with Crippen molar-refractivity contribution in [1.29, 1.82) is 0 Å². The summed E-state index contributed by atoms with van der Waals surface area (Å²) >= 11 is 0. The van der Waals surface area contributed by atoms with E-state index in [1.54, 1.807) is 26.1 Å². The SMILES string of the molecule is CC(NC(=O)C(N)C(C)C)C(=O)NC(CCC(=O)O)C(=O)NC(Cc1c[nH]c2ccccc12)C(=O)O. The Morgan fingerprint density at radius 1 is 0.917 bits per heavy atom. The summed E-state index contributed by atoms with van der Waals surface area (Å²) in [5.41, 5.74) is 7.26. The maximum Gasteiger partial charge on any atom is 0.326 e. The summed E-state index contributed by atoms with van der Waals surface area (Å²) < 4.78 is 0. The van der Waals surface area contributed by atoms with Crippen LogP contribution < -0.4 is 21.7 Å². The highest BCUT2D eigenvalue weighted by atomic mass is 16.4. The normalized spacial score (nSPS) is 14.5. The Hall–Kier alpha value is -3.93. The molecule has 0 fully saturated rings. The molecule has 12 nitrogen and oxygen atoms in total. The second kappa shape index (κ2) is 12.7. The summed E-state index contributed by atoms with van der Waals surface area (Å²) in [6, 6.07) is 2.71. The number of carbonyl (C=O) groups is 5. The number of H-pyrrole nitrogens is 1. The van der Waals surface area contributed by atoms with Gasteiger partial charge in [-0.25, -0.2) is 4.79 Å². The van der Waals surface area contributed by atoms with Crippen LogP contribution >= 0.6 is 0 Å². The van der Waals surface area contributed by atoms with E-state index in [1.807, 2.05) is 18.2 Å². The molecule has 0 aliphatic rings. The average Bonchev–Trinajstić information content (AvgIpc) is 3.22. The van der Waals surface area contributed by atoms with E-state index in [1.165, 1.54) is 6.92 Å². The number of para-hydroxylation sites is 1. The number of aromatic amines is 1. The maximum atomic E-state index is 12.9. The lowest BCUT2D eigenvalue weighted by atomic mass is 10.0. The molecule has 1 aromatic carbocycles. The quantitative estimate of drug-likeness (QED) is 0.199. The second-order valence-electron chi connectivity index (χ2n) is 8.96. The molecule has 0 radical (unpaired) electrons. The first kappa shape index (κ1) is 28.3. The van der Waals surface area contributed by atoms with E-state index in [2.05, 4.69) is 20.9 Å². The number of rotatable bonds is 13. The number of hydrogen-bond acceptors (Lipinski definition) is 6. The molecule has 4 atom stereocenters. The van der Waals surface area contributed by atoms with E-state index in [4.69, 9.17) is 10.8 Å². The lowest BCUT2D eigenvalue weighted by Crippen LogP contribution is -2.57. The third-order valence-corrected chi connectivity index (χ3v) is 5.77. The summed E-state index contributed by atoms with van der Waals surface area (Å²) in [5, 5.41) is 26.8. The van der Waals surface area contributed by atoms with Crippen LogP contribution in [0.15, 0.2) is 30.5 Å². The van der Waals surface area contributed by atoms with Crippen LogP contribution in [0.2, 0.25) is 0 Å². The van der Waals surface area contributed by atoms with Crippen LogP contribution in [0.25, 0.3) is 10.9 Å². The molecular formula is C24H33N5O7. The van der Waals surface area contributed by atoms with Crippen molar-refractivity contribution in [2.24, 2.45) is 11.7 Å². The first-order valence-corrected chi connectivity index (χ1v) is 11.6. The van der Waals surface area contributed by atoms with Gasteiger partial charge in [0.15, 0.2) is 0 Å². The number of benzene rings is 1. The van der Waals surface area contributed by atoms with Gasteiger partial charge in [-0.05, 0) is 30.9 Å². The van der Waals surface area contributed by atoms with Crippen LogP contribution in [0, 0.1) is 5.92 Å². The molecule has 0 bridgehead atoms. The zero-order valence-electron chi connectivity index (χ0n) is 20.4. The fraction of sp³-hybridized carbons (Fsp3) is 0.458. The fourth-order valence-electron chi connectivity index (χ4n) is 3.50. The van der Waals surface area contributed by atoms with E-state index in [9.17, 15) is 29.1 Å². The Kier molecular flexibility index (Phi) is 9.97. The average molecular weight is 504 g/mol. The van der Waals surface area contributed by atoms with Crippen LogP contribution in [0.1, 0.15) is 39.2 Å². The second-order valence-corrected chi connectivity index (χ2v) is 8.96. The fourth-order valence-corrected chi connectivity index (χ4v) is 3.50. The van der Waals surface area contributed by atoms with Gasteiger partial charge in [0.2, 0.25) is 17.7 Å². The molecule has 1 aromatic heterocycles. The van der Waals surface area contributed by atoms with Crippen LogP contribution in [0.5, 0.6) is 0 Å². The largest absolute Gasteiger partial charge is 0.481 e. The number of carboxylic acids is 2. The van der Waals surface area contributed by atoms with Crippen molar-refractivity contribution in [2.75, 3.05) is 0 Å². The summed E-state index contributed by atoms with van der Waals surface area (Å²) in [7, 11) is 0. The number of aliphatic carboxylic acids is 2. The highest BCUT2D eigenvalue weighted by Gasteiger charge is 2.30. The third-order valence-electron chi connectivity index (χ3n) is 5.77. The van der Waals surface area contributed by atoms with Gasteiger partial charge in [0.05, 0.1) is 6.04 Å². The maximum absolute atomic E-state index is 12.9. The minimum atomic E-state index is -1.34. The molecule has 0 spiro atoms. The molecule has 196 valence electrons. The topological polar surface area (TPSA) is 204 Å². The first-order valence-electron chi connectivity index (χ1n) is 11.6. The van der Waals surface area contributed by atoms with Gasteiger partial charge in [0.1, 0.15) is 18.1 Å². The van der Waals surface area contributed by atoms with E-state index in [0.717, 1.165) is 10.9 Å². The highest BCUT2D eigenvalue weighted by Crippen LogP contribution is 2.19. The molecule has 4 unspecified atom stereocenters. The van der Waals surface area contributed by atoms with Gasteiger partial charge >= 0.3 is 11.9 Å². The van der Waals surface area contributed by atoms with E-state index >= 15 is 0 Å². The van der Waals surface area contributed by atoms with Crippen molar-refractivity contribution in [1.82, 2.24) is 20.9 Å². The molecule has 8 N–H and O–H groups in total. The van der Waals surface area contributed by atoms with Crippen molar-refractivity contribution in [3.05, 3.63) is 36.0 Å². The number of nitrogens with one attached hydrogen (secondary N) is 4. The van der Waals surface area contributed by atoms with Gasteiger partial charge in [0, 0.05) is 29.9 Å². The molecule has 12 heteroatoms. The lowest BCUT2D eigenvalue weighted by Gasteiger charge is -2.24. The molecule has 0 saturated carbocycles. The van der Waals surface area contributed by atoms with Crippen LogP contribution in [-0.4, -0.2) is 69.0 Å². The molecule has 0 aliphatic heterocycles. The van der Waals surface area contributed by atoms with Crippen molar-refractivity contribution in [3.8, 4) is 0 Å². The van der Waals surface area contributed by atoms with Crippen LogP contribution in [-0.2, 0) is 30.4 Å². The lowest BCUT2D eigenvalue weighted by molar-refractivity contribution is -0.143. The standard InChI is InChI=1S/C24H33N5O7/c1-12(2)20(25)23(34)27-13(3)21(32)28-17(8-9-19(30)31)22(33)29-18(24(35)36)10-14-11-26-16-7-5-4-6-15(14)16/h4-7,11-13,17-18,20,26H,8-10,25H2,1-3H3,(H,27,34)(H,28,32)(H,29,33)(H,30,31)(H,35,36). The number of carboxylic acid groups (broad SMARTS) is 2. The van der Waals surface area contributed by atoms with Crippen LogP contribution in [0.4, 0.5) is 0 Å². The molecule has 1 heterocycles. The molecule has 2 rings (SSSR count).